The van der Waals surface area contributed by atoms with E-state index in [0.29, 0.717) is 38.8 Å². The van der Waals surface area contributed by atoms with Crippen LogP contribution in [0.5, 0.6) is 0 Å². The maximum Gasteiger partial charge on any atom is 0.407 e. The summed E-state index contributed by atoms with van der Waals surface area (Å²) in [5.41, 5.74) is 4.76. The molecule has 2 N–H and O–H groups in total. The van der Waals surface area contributed by atoms with Crippen LogP contribution in [0.2, 0.25) is 0 Å². The molecule has 0 bridgehead atoms. The fourth-order valence-electron chi connectivity index (χ4n) is 5.25. The average molecular weight is 479 g/mol. The first-order valence-corrected chi connectivity index (χ1v) is 12.6. The van der Waals surface area contributed by atoms with E-state index in [0.717, 1.165) is 19.4 Å². The van der Waals surface area contributed by atoms with Crippen molar-refractivity contribution < 1.29 is 24.2 Å². The number of benzene rings is 2. The number of alkyl carbamates (subject to hydrolysis) is 1. The number of fused-ring (bicyclic) bond motifs is 3. The number of piperidine rings is 1. The summed E-state index contributed by atoms with van der Waals surface area (Å²) in [5.74, 6) is -0.350. The van der Waals surface area contributed by atoms with Gasteiger partial charge >= 0.3 is 12.1 Å². The molecule has 1 heterocycles. The predicted octanol–water partition coefficient (Wildman–Crippen LogP) is 4.80. The Labute approximate surface area is 206 Å². The second-order valence-electron chi connectivity index (χ2n) is 9.49. The molecule has 0 spiro atoms. The number of carboxylic acids is 1. The number of nitrogens with zero attached hydrogens (tertiary/aromatic N) is 1. The van der Waals surface area contributed by atoms with Gasteiger partial charge in [0, 0.05) is 38.4 Å². The Morgan fingerprint density at radius 1 is 0.971 bits per heavy atom. The third kappa shape index (κ3) is 6.41. The summed E-state index contributed by atoms with van der Waals surface area (Å²) in [4.78, 5) is 37.5. The molecule has 2 amide bonds. The monoisotopic (exact) mass is 478 g/mol. The highest BCUT2D eigenvalue weighted by Gasteiger charge is 2.29. The summed E-state index contributed by atoms with van der Waals surface area (Å²) < 4.78 is 5.55. The molecule has 2 aliphatic rings. The van der Waals surface area contributed by atoms with E-state index in [1.807, 2.05) is 29.2 Å². The zero-order valence-corrected chi connectivity index (χ0v) is 20.1. The molecule has 1 saturated heterocycles. The summed E-state index contributed by atoms with van der Waals surface area (Å²) in [6.45, 7) is 2.16. The van der Waals surface area contributed by atoms with Crippen molar-refractivity contribution in [2.45, 2.75) is 50.9 Å². The van der Waals surface area contributed by atoms with Crippen LogP contribution < -0.4 is 5.32 Å². The smallest absolute Gasteiger partial charge is 0.407 e. The average Bonchev–Trinajstić information content (AvgIpc) is 3.20. The lowest BCUT2D eigenvalue weighted by Crippen LogP contribution is -2.40. The topological polar surface area (TPSA) is 95.9 Å². The number of likely N-dealkylation sites (tertiary alicyclic amines) is 1. The maximum absolute atomic E-state index is 12.5. The van der Waals surface area contributed by atoms with Crippen molar-refractivity contribution in [1.82, 2.24) is 10.2 Å². The molecule has 1 unspecified atom stereocenters. The largest absolute Gasteiger partial charge is 0.481 e. The highest BCUT2D eigenvalue weighted by Crippen LogP contribution is 2.44. The van der Waals surface area contributed by atoms with Gasteiger partial charge < -0.3 is 20.1 Å². The second-order valence-corrected chi connectivity index (χ2v) is 9.49. The van der Waals surface area contributed by atoms with E-state index in [1.54, 1.807) is 0 Å². The van der Waals surface area contributed by atoms with Crippen molar-refractivity contribution in [2.24, 2.45) is 5.92 Å². The molecule has 1 atom stereocenters. The fourth-order valence-corrected chi connectivity index (χ4v) is 5.25. The lowest BCUT2D eigenvalue weighted by molar-refractivity contribution is -0.137. The maximum atomic E-state index is 12.5. The van der Waals surface area contributed by atoms with Crippen LogP contribution in [0.4, 0.5) is 4.79 Å². The van der Waals surface area contributed by atoms with Crippen LogP contribution in [0.1, 0.15) is 62.0 Å². The summed E-state index contributed by atoms with van der Waals surface area (Å²) in [5, 5.41) is 11.7. The van der Waals surface area contributed by atoms with Gasteiger partial charge in [-0.3, -0.25) is 9.59 Å². The third-order valence-electron chi connectivity index (χ3n) is 7.07. The van der Waals surface area contributed by atoms with Gasteiger partial charge in [0.05, 0.1) is 0 Å². The van der Waals surface area contributed by atoms with Crippen molar-refractivity contribution in [3.8, 4) is 11.1 Å². The van der Waals surface area contributed by atoms with Gasteiger partial charge in [-0.25, -0.2) is 4.79 Å². The number of hydrogen-bond acceptors (Lipinski definition) is 4. The van der Waals surface area contributed by atoms with Crippen LogP contribution in [-0.2, 0) is 14.3 Å². The van der Waals surface area contributed by atoms with E-state index >= 15 is 0 Å². The second kappa shape index (κ2) is 11.9. The molecule has 7 heteroatoms. The number of unbranched alkanes of at least 4 members (excludes halogenated alkanes) is 1. The molecule has 1 aliphatic heterocycles. The number of carboxylic acid groups (broad SMARTS) is 1. The van der Waals surface area contributed by atoms with E-state index in [1.165, 1.54) is 22.3 Å². The normalized spacial score (nSPS) is 16.9. The third-order valence-corrected chi connectivity index (χ3v) is 7.07. The van der Waals surface area contributed by atoms with Gasteiger partial charge in [-0.2, -0.15) is 0 Å². The minimum atomic E-state index is -0.780. The Bertz CT molecular complexity index is 1010. The summed E-state index contributed by atoms with van der Waals surface area (Å²) in [6, 6.07) is 16.5. The summed E-state index contributed by atoms with van der Waals surface area (Å²) >= 11 is 0. The van der Waals surface area contributed by atoms with Crippen LogP contribution in [0.25, 0.3) is 11.1 Å². The first-order chi connectivity index (χ1) is 17.0. The van der Waals surface area contributed by atoms with Crippen molar-refractivity contribution in [3.63, 3.8) is 0 Å². The van der Waals surface area contributed by atoms with Gasteiger partial charge in [-0.05, 0) is 60.3 Å². The van der Waals surface area contributed by atoms with E-state index in [-0.39, 0.29) is 30.8 Å². The quantitative estimate of drug-likeness (QED) is 0.478. The molecular weight excluding hydrogens is 444 g/mol. The van der Waals surface area contributed by atoms with Gasteiger partial charge in [0.2, 0.25) is 5.91 Å². The fraction of sp³-hybridized carbons (Fsp3) is 0.464. The molecule has 0 aromatic heterocycles. The number of ether oxygens (including phenoxy) is 1. The molecule has 2 aromatic carbocycles. The summed E-state index contributed by atoms with van der Waals surface area (Å²) in [7, 11) is 0. The first-order valence-electron chi connectivity index (χ1n) is 12.6. The molecule has 1 fully saturated rings. The van der Waals surface area contributed by atoms with E-state index in [9.17, 15) is 14.4 Å². The van der Waals surface area contributed by atoms with Crippen molar-refractivity contribution in [2.75, 3.05) is 26.2 Å². The number of amides is 2. The van der Waals surface area contributed by atoms with Crippen molar-refractivity contribution in [3.05, 3.63) is 59.7 Å². The molecule has 186 valence electrons. The van der Waals surface area contributed by atoms with Gasteiger partial charge in [-0.1, -0.05) is 48.5 Å². The van der Waals surface area contributed by atoms with Gasteiger partial charge in [-0.15, -0.1) is 0 Å². The molecule has 0 radical (unpaired) electrons. The Kier molecular flexibility index (Phi) is 8.40. The Balaban J connectivity index is 1.14. The molecular formula is C28H34N2O5. The van der Waals surface area contributed by atoms with Crippen LogP contribution in [-0.4, -0.2) is 54.2 Å². The summed E-state index contributed by atoms with van der Waals surface area (Å²) in [6.07, 6.45) is 4.11. The van der Waals surface area contributed by atoms with E-state index < -0.39 is 12.1 Å². The number of hydrogen-bond donors (Lipinski definition) is 2. The number of rotatable bonds is 10. The predicted molar refractivity (Wildman–Crippen MR) is 133 cm³/mol. The van der Waals surface area contributed by atoms with Crippen molar-refractivity contribution in [1.29, 1.82) is 0 Å². The highest BCUT2D eigenvalue weighted by atomic mass is 16.5. The van der Waals surface area contributed by atoms with Crippen LogP contribution >= 0.6 is 0 Å². The standard InChI is InChI=1S/C28H34N2O5/c31-26(30-17-7-8-20(18-30)14-15-27(32)33)13-5-6-16-29-28(34)35-19-25-23-11-3-1-9-21(23)22-10-2-4-12-24(22)25/h1-4,9-12,20,25H,5-8,13-19H2,(H,29,34)(H,32,33). The zero-order valence-electron chi connectivity index (χ0n) is 20.1. The van der Waals surface area contributed by atoms with Gasteiger partial charge in [0.1, 0.15) is 6.61 Å². The number of nitrogens with one attached hydrogen (secondary N) is 1. The number of aliphatic carboxylic acids is 1. The molecule has 1 aliphatic carbocycles. The Hall–Kier alpha value is -3.35. The Morgan fingerprint density at radius 3 is 2.34 bits per heavy atom. The molecule has 2 aromatic rings. The molecule has 35 heavy (non-hydrogen) atoms. The molecule has 0 saturated carbocycles. The van der Waals surface area contributed by atoms with Crippen LogP contribution in [0.3, 0.4) is 0 Å². The lowest BCUT2D eigenvalue weighted by atomic mass is 9.93. The Morgan fingerprint density at radius 2 is 1.66 bits per heavy atom. The van der Waals surface area contributed by atoms with Gasteiger partial charge in [0.15, 0.2) is 0 Å². The first kappa shape index (κ1) is 24.8. The number of carbonyl (C=O) groups excluding carboxylic acids is 2. The highest BCUT2D eigenvalue weighted by molar-refractivity contribution is 5.79. The van der Waals surface area contributed by atoms with Crippen molar-refractivity contribution >= 4 is 18.0 Å². The SMILES string of the molecule is O=C(O)CCC1CCCN(C(=O)CCCCNC(=O)OCC2c3ccccc3-c3ccccc32)C1. The molecule has 4 rings (SSSR count). The van der Waals surface area contributed by atoms with Crippen LogP contribution in [0, 0.1) is 5.92 Å². The van der Waals surface area contributed by atoms with E-state index in [4.69, 9.17) is 9.84 Å². The zero-order chi connectivity index (χ0) is 24.6. The lowest BCUT2D eigenvalue weighted by Gasteiger charge is -2.32. The minimum absolute atomic E-state index is 0.0367. The van der Waals surface area contributed by atoms with E-state index in [2.05, 4.69) is 29.6 Å². The van der Waals surface area contributed by atoms with Gasteiger partial charge in [0.25, 0.3) is 0 Å². The van der Waals surface area contributed by atoms with Crippen LogP contribution in [0.15, 0.2) is 48.5 Å². The molecule has 7 nitrogen and oxygen atoms in total. The minimum Gasteiger partial charge on any atom is -0.481 e. The number of carbonyl (C=O) groups is 3.